The molecule has 0 saturated carbocycles. The summed E-state index contributed by atoms with van der Waals surface area (Å²) >= 11 is 1.26. The summed E-state index contributed by atoms with van der Waals surface area (Å²) in [6, 6.07) is 3.60. The predicted octanol–water partition coefficient (Wildman–Crippen LogP) is 1.35. The van der Waals surface area contributed by atoms with Crippen molar-refractivity contribution < 1.29 is 33.3 Å². The first kappa shape index (κ1) is 18.4. The third-order valence-electron chi connectivity index (χ3n) is 4.00. The number of fused-ring (bicyclic) bond motifs is 2. The molecule has 4 rings (SSSR count). The number of carbonyl (C=O) groups excluding carboxylic acids is 2. The Balaban J connectivity index is 1.81. The summed E-state index contributed by atoms with van der Waals surface area (Å²) in [5.41, 5.74) is 0.698. The van der Waals surface area contributed by atoms with E-state index in [1.807, 2.05) is 6.07 Å². The van der Waals surface area contributed by atoms with E-state index in [4.69, 9.17) is 23.7 Å². The van der Waals surface area contributed by atoms with Crippen molar-refractivity contribution >= 4 is 33.4 Å². The van der Waals surface area contributed by atoms with Crippen LogP contribution in [0.3, 0.4) is 0 Å². The van der Waals surface area contributed by atoms with Gasteiger partial charge in [0.1, 0.15) is 39.2 Å². The van der Waals surface area contributed by atoms with Crippen LogP contribution in [-0.2, 0) is 30.3 Å². The van der Waals surface area contributed by atoms with Crippen LogP contribution in [0.2, 0.25) is 0 Å². The summed E-state index contributed by atoms with van der Waals surface area (Å²) in [5.74, 6) is 0.215. The minimum absolute atomic E-state index is 0.0253. The summed E-state index contributed by atoms with van der Waals surface area (Å²) in [5, 5.41) is 0. The highest BCUT2D eigenvalue weighted by molar-refractivity contribution is 7.16. The third kappa shape index (κ3) is 3.68. The van der Waals surface area contributed by atoms with E-state index in [1.54, 1.807) is 17.6 Å². The number of amides is 1. The van der Waals surface area contributed by atoms with Gasteiger partial charge in [-0.25, -0.2) is 0 Å². The minimum atomic E-state index is -0.582. The Labute approximate surface area is 163 Å². The van der Waals surface area contributed by atoms with Crippen molar-refractivity contribution in [1.82, 2.24) is 4.57 Å². The summed E-state index contributed by atoms with van der Waals surface area (Å²) < 4.78 is 29.1. The molecule has 0 atom stereocenters. The summed E-state index contributed by atoms with van der Waals surface area (Å²) in [6.45, 7) is 3.48. The maximum atomic E-state index is 12.5. The second-order valence-corrected chi connectivity index (χ2v) is 6.87. The first-order valence-corrected chi connectivity index (χ1v) is 9.59. The normalized spacial score (nSPS) is 16.2. The van der Waals surface area contributed by atoms with Gasteiger partial charge in [-0.2, -0.15) is 4.99 Å². The predicted molar refractivity (Wildman–Crippen MR) is 98.0 cm³/mol. The second-order valence-electron chi connectivity index (χ2n) is 5.86. The number of hydrogen-bond donors (Lipinski definition) is 0. The maximum Gasteiger partial charge on any atom is 0.326 e. The van der Waals surface area contributed by atoms with Crippen molar-refractivity contribution in [3.8, 4) is 11.5 Å². The highest BCUT2D eigenvalue weighted by Gasteiger charge is 2.20. The number of benzene rings is 1. The molecule has 10 heteroatoms. The van der Waals surface area contributed by atoms with E-state index in [0.29, 0.717) is 41.6 Å². The molecule has 0 radical (unpaired) electrons. The summed E-state index contributed by atoms with van der Waals surface area (Å²) in [7, 11) is 0. The SMILES string of the molecule is CCOC(=O)Cn1c(=NC(=O)C2=COCCO2)sc2cc3c(cc21)OCCO3. The molecule has 0 N–H and O–H groups in total. The van der Waals surface area contributed by atoms with Crippen molar-refractivity contribution in [3.63, 3.8) is 0 Å². The molecule has 148 valence electrons. The van der Waals surface area contributed by atoms with E-state index in [9.17, 15) is 9.59 Å². The Morgan fingerprint density at radius 2 is 1.89 bits per heavy atom. The molecule has 9 nitrogen and oxygen atoms in total. The van der Waals surface area contributed by atoms with Gasteiger partial charge in [0.05, 0.1) is 16.8 Å². The molecule has 28 heavy (non-hydrogen) atoms. The molecule has 1 amide bonds. The van der Waals surface area contributed by atoms with E-state index in [1.165, 1.54) is 17.6 Å². The maximum absolute atomic E-state index is 12.5. The number of thiazole rings is 1. The van der Waals surface area contributed by atoms with E-state index in [2.05, 4.69) is 4.99 Å². The van der Waals surface area contributed by atoms with Gasteiger partial charge in [0.25, 0.3) is 0 Å². The summed E-state index contributed by atoms with van der Waals surface area (Å²) in [4.78, 5) is 29.0. The number of nitrogens with zero attached hydrogens (tertiary/aromatic N) is 2. The van der Waals surface area contributed by atoms with E-state index >= 15 is 0 Å². The van der Waals surface area contributed by atoms with Crippen molar-refractivity contribution in [3.05, 3.63) is 29.0 Å². The molecule has 2 aliphatic rings. The van der Waals surface area contributed by atoms with Crippen LogP contribution in [-0.4, -0.2) is 49.5 Å². The Morgan fingerprint density at radius 3 is 2.61 bits per heavy atom. The number of rotatable bonds is 4. The average molecular weight is 406 g/mol. The Morgan fingerprint density at radius 1 is 1.14 bits per heavy atom. The molecule has 1 aromatic carbocycles. The van der Waals surface area contributed by atoms with E-state index in [0.717, 1.165) is 4.70 Å². The Hall–Kier alpha value is -3.01. The van der Waals surface area contributed by atoms with Crippen LogP contribution in [0, 0.1) is 0 Å². The molecule has 0 bridgehead atoms. The molecule has 2 aromatic rings. The molecular formula is C18H18N2O7S. The quantitative estimate of drug-likeness (QED) is 0.707. The zero-order valence-corrected chi connectivity index (χ0v) is 16.0. The van der Waals surface area contributed by atoms with Crippen molar-refractivity contribution in [2.24, 2.45) is 4.99 Å². The van der Waals surface area contributed by atoms with Gasteiger partial charge in [-0.1, -0.05) is 11.3 Å². The second kappa shape index (κ2) is 7.93. The van der Waals surface area contributed by atoms with E-state index < -0.39 is 11.9 Å². The van der Waals surface area contributed by atoms with Crippen LogP contribution >= 0.6 is 11.3 Å². The fourth-order valence-electron chi connectivity index (χ4n) is 2.80. The highest BCUT2D eigenvalue weighted by atomic mass is 32.1. The van der Waals surface area contributed by atoms with Gasteiger partial charge in [-0.05, 0) is 6.92 Å². The fourth-order valence-corrected chi connectivity index (χ4v) is 3.84. The molecule has 0 saturated heterocycles. The van der Waals surface area contributed by atoms with E-state index in [-0.39, 0.29) is 25.5 Å². The molecule has 0 unspecified atom stereocenters. The topological polar surface area (TPSA) is 97.6 Å². The third-order valence-corrected chi connectivity index (χ3v) is 5.04. The van der Waals surface area contributed by atoms with Crippen molar-refractivity contribution in [2.75, 3.05) is 33.0 Å². The van der Waals surface area contributed by atoms with Gasteiger partial charge in [0.2, 0.25) is 5.76 Å². The average Bonchev–Trinajstić information content (AvgIpc) is 3.03. The van der Waals surface area contributed by atoms with Gasteiger partial charge in [-0.3, -0.25) is 9.59 Å². The van der Waals surface area contributed by atoms with Crippen LogP contribution in [0.1, 0.15) is 6.92 Å². The van der Waals surface area contributed by atoms with Gasteiger partial charge in [0.15, 0.2) is 16.3 Å². The molecule has 0 spiro atoms. The van der Waals surface area contributed by atoms with Gasteiger partial charge in [-0.15, -0.1) is 0 Å². The Kier molecular flexibility index (Phi) is 5.20. The summed E-state index contributed by atoms with van der Waals surface area (Å²) in [6.07, 6.45) is 1.25. The van der Waals surface area contributed by atoms with Crippen molar-refractivity contribution in [2.45, 2.75) is 13.5 Å². The number of hydrogen-bond acceptors (Lipinski definition) is 8. The lowest BCUT2D eigenvalue weighted by Crippen LogP contribution is -2.24. The molecule has 0 aliphatic carbocycles. The lowest BCUT2D eigenvalue weighted by molar-refractivity contribution is -0.143. The standard InChI is InChI=1S/C18H18N2O7S/c1-2-24-16(21)9-20-11-7-12-13(26-6-5-25-12)8-15(11)28-18(20)19-17(22)14-10-23-3-4-27-14/h7-8,10H,2-6,9H2,1H3. The number of carbonyl (C=O) groups is 2. The van der Waals surface area contributed by atoms with Crippen molar-refractivity contribution in [1.29, 1.82) is 0 Å². The number of esters is 1. The molecular weight excluding hydrogens is 388 g/mol. The first-order valence-electron chi connectivity index (χ1n) is 8.78. The number of ether oxygens (including phenoxy) is 5. The Bertz CT molecular complexity index is 1020. The first-order chi connectivity index (χ1) is 13.7. The van der Waals surface area contributed by atoms with Crippen LogP contribution < -0.4 is 14.3 Å². The van der Waals surface area contributed by atoms with Gasteiger partial charge in [0, 0.05) is 12.1 Å². The molecule has 1 aromatic heterocycles. The highest BCUT2D eigenvalue weighted by Crippen LogP contribution is 2.35. The van der Waals surface area contributed by atoms with Crippen LogP contribution in [0.4, 0.5) is 0 Å². The molecule has 3 heterocycles. The molecule has 0 fully saturated rings. The monoisotopic (exact) mass is 406 g/mol. The van der Waals surface area contributed by atoms with Crippen LogP contribution in [0.5, 0.6) is 11.5 Å². The molecule has 2 aliphatic heterocycles. The van der Waals surface area contributed by atoms with Crippen LogP contribution in [0.15, 0.2) is 29.1 Å². The van der Waals surface area contributed by atoms with Gasteiger partial charge >= 0.3 is 11.9 Å². The largest absolute Gasteiger partial charge is 0.494 e. The number of aromatic nitrogens is 1. The van der Waals surface area contributed by atoms with Crippen LogP contribution in [0.25, 0.3) is 10.2 Å². The lowest BCUT2D eigenvalue weighted by atomic mass is 10.2. The smallest absolute Gasteiger partial charge is 0.326 e. The lowest BCUT2D eigenvalue weighted by Gasteiger charge is -2.18. The van der Waals surface area contributed by atoms with Gasteiger partial charge < -0.3 is 28.3 Å². The fraction of sp³-hybridized carbons (Fsp3) is 0.389. The minimum Gasteiger partial charge on any atom is -0.494 e. The zero-order valence-electron chi connectivity index (χ0n) is 15.1. The zero-order chi connectivity index (χ0) is 19.5.